The Morgan fingerprint density at radius 3 is 2.43 bits per heavy atom. The molecule has 28 heavy (non-hydrogen) atoms. The highest BCUT2D eigenvalue weighted by atomic mass is 35.5. The number of carbonyl (C=O) groups is 3. The second kappa shape index (κ2) is 8.07. The molecule has 1 N–H and O–H groups in total. The third-order valence-corrected chi connectivity index (χ3v) is 4.15. The van der Waals surface area contributed by atoms with Gasteiger partial charge in [-0.2, -0.15) is 0 Å². The Kier molecular flexibility index (Phi) is 5.75. The molecule has 1 fully saturated rings. The van der Waals surface area contributed by atoms with Crippen LogP contribution in [0.2, 0.25) is 5.15 Å². The molecule has 3 heterocycles. The van der Waals surface area contributed by atoms with Gasteiger partial charge in [0.2, 0.25) is 0 Å². The Bertz CT molecular complexity index is 918. The summed E-state index contributed by atoms with van der Waals surface area (Å²) in [6, 6.07) is 0. The van der Waals surface area contributed by atoms with Gasteiger partial charge in [0.1, 0.15) is 18.2 Å². The molecule has 0 bridgehead atoms. The first-order chi connectivity index (χ1) is 13.3. The van der Waals surface area contributed by atoms with Crippen molar-refractivity contribution in [1.82, 2.24) is 19.9 Å². The molecule has 4 atom stereocenters. The summed E-state index contributed by atoms with van der Waals surface area (Å²) in [5.41, 5.74) is 0.716. The van der Waals surface area contributed by atoms with Gasteiger partial charge in [-0.1, -0.05) is 11.6 Å². The fourth-order valence-electron chi connectivity index (χ4n) is 2.86. The third-order valence-electron chi connectivity index (χ3n) is 3.88. The number of hydrogen-bond acceptors (Lipinski definition) is 10. The molecule has 2 aromatic rings. The molecule has 12 heteroatoms. The van der Waals surface area contributed by atoms with Crippen molar-refractivity contribution in [2.45, 2.75) is 45.2 Å². The number of carbonyl (C=O) groups excluding carboxylic acids is 3. The molecule has 0 aliphatic carbocycles. The minimum atomic E-state index is -1.07. The van der Waals surface area contributed by atoms with E-state index in [2.05, 4.69) is 19.9 Å². The van der Waals surface area contributed by atoms with E-state index in [1.165, 1.54) is 27.1 Å². The molecular formula is C16H17ClN4O7. The summed E-state index contributed by atoms with van der Waals surface area (Å²) in [7, 11) is 0. The van der Waals surface area contributed by atoms with Gasteiger partial charge in [0.25, 0.3) is 0 Å². The fourth-order valence-corrected chi connectivity index (χ4v) is 3.09. The highest BCUT2D eigenvalue weighted by Crippen LogP contribution is 2.37. The standard InChI is InChI=1S/C16H17ClN4O7/c1-6(22)25-4-9-11(26-7(2)23)12(27-8(3)24)13(28-9)16-20-14(17)10-15(21-16)19-5-18-10/h5,9,11-13H,4H2,1-3H3,(H,18,19,20,21)/t9-,11+,12-,13-/m1/s1. The molecule has 11 nitrogen and oxygen atoms in total. The summed E-state index contributed by atoms with van der Waals surface area (Å²) >= 11 is 6.15. The van der Waals surface area contributed by atoms with E-state index in [9.17, 15) is 14.4 Å². The molecule has 0 amide bonds. The van der Waals surface area contributed by atoms with Crippen molar-refractivity contribution >= 4 is 40.7 Å². The average Bonchev–Trinajstić information content (AvgIpc) is 3.18. The third kappa shape index (κ3) is 4.20. The number of esters is 3. The van der Waals surface area contributed by atoms with Crippen molar-refractivity contribution in [3.05, 3.63) is 17.3 Å². The molecule has 150 valence electrons. The van der Waals surface area contributed by atoms with Crippen LogP contribution in [0.5, 0.6) is 0 Å². The molecule has 1 aliphatic rings. The number of nitrogens with zero attached hydrogens (tertiary/aromatic N) is 3. The first kappa shape index (κ1) is 20.0. The molecule has 0 spiro atoms. The highest BCUT2D eigenvalue weighted by Gasteiger charge is 2.51. The normalized spacial score (nSPS) is 24.1. The predicted octanol–water partition coefficient (Wildman–Crippen LogP) is 0.873. The number of hydrogen-bond donors (Lipinski definition) is 1. The van der Waals surface area contributed by atoms with Crippen LogP contribution in [0.25, 0.3) is 11.2 Å². The van der Waals surface area contributed by atoms with Crippen LogP contribution >= 0.6 is 11.6 Å². The number of aromatic nitrogens is 4. The minimum absolute atomic E-state index is 0.0818. The lowest BCUT2D eigenvalue weighted by Gasteiger charge is -2.23. The van der Waals surface area contributed by atoms with Gasteiger partial charge < -0.3 is 23.9 Å². The zero-order chi connectivity index (χ0) is 20.4. The van der Waals surface area contributed by atoms with Crippen LogP contribution in [0.15, 0.2) is 6.33 Å². The van der Waals surface area contributed by atoms with E-state index in [0.717, 1.165) is 0 Å². The molecule has 2 aromatic heterocycles. The summed E-state index contributed by atoms with van der Waals surface area (Å²) in [4.78, 5) is 49.7. The average molecular weight is 413 g/mol. The maximum atomic E-state index is 11.6. The summed E-state index contributed by atoms with van der Waals surface area (Å²) in [5, 5.41) is 0.0927. The number of fused-ring (bicyclic) bond motifs is 1. The number of H-pyrrole nitrogens is 1. The van der Waals surface area contributed by atoms with Gasteiger partial charge >= 0.3 is 17.9 Å². The van der Waals surface area contributed by atoms with E-state index in [0.29, 0.717) is 5.52 Å². The Balaban J connectivity index is 1.99. The van der Waals surface area contributed by atoms with Crippen molar-refractivity contribution < 1.29 is 33.3 Å². The Morgan fingerprint density at radius 1 is 1.11 bits per heavy atom. The van der Waals surface area contributed by atoms with E-state index in [-0.39, 0.29) is 23.2 Å². The van der Waals surface area contributed by atoms with Crippen LogP contribution in [0.4, 0.5) is 0 Å². The summed E-state index contributed by atoms with van der Waals surface area (Å²) in [6.07, 6.45) is -2.64. The Morgan fingerprint density at radius 2 is 1.79 bits per heavy atom. The van der Waals surface area contributed by atoms with Crippen LogP contribution < -0.4 is 0 Å². The lowest BCUT2D eigenvalue weighted by Crippen LogP contribution is -2.40. The van der Waals surface area contributed by atoms with Crippen LogP contribution in [0, 0.1) is 0 Å². The lowest BCUT2D eigenvalue weighted by molar-refractivity contribution is -0.165. The van der Waals surface area contributed by atoms with E-state index in [4.69, 9.17) is 30.5 Å². The van der Waals surface area contributed by atoms with Crippen LogP contribution in [0.3, 0.4) is 0 Å². The molecule has 1 aliphatic heterocycles. The van der Waals surface area contributed by atoms with Crippen molar-refractivity contribution in [2.24, 2.45) is 0 Å². The molecule has 3 rings (SSSR count). The van der Waals surface area contributed by atoms with Crippen molar-refractivity contribution in [2.75, 3.05) is 6.61 Å². The molecule has 0 saturated carbocycles. The van der Waals surface area contributed by atoms with Crippen LogP contribution in [0.1, 0.15) is 32.7 Å². The van der Waals surface area contributed by atoms with Gasteiger partial charge in [0.05, 0.1) is 6.33 Å². The number of imidazole rings is 1. The largest absolute Gasteiger partial charge is 0.463 e. The second-order valence-corrected chi connectivity index (χ2v) is 6.38. The topological polar surface area (TPSA) is 143 Å². The van der Waals surface area contributed by atoms with E-state index in [1.807, 2.05) is 0 Å². The molecule has 1 saturated heterocycles. The first-order valence-electron chi connectivity index (χ1n) is 8.26. The highest BCUT2D eigenvalue weighted by molar-refractivity contribution is 6.33. The summed E-state index contributed by atoms with van der Waals surface area (Å²) < 4.78 is 21.4. The number of nitrogens with one attached hydrogen (secondary N) is 1. The van der Waals surface area contributed by atoms with Crippen molar-refractivity contribution in [1.29, 1.82) is 0 Å². The minimum Gasteiger partial charge on any atom is -0.463 e. The number of ether oxygens (including phenoxy) is 4. The van der Waals surface area contributed by atoms with Gasteiger partial charge in [-0.25, -0.2) is 15.0 Å². The quantitative estimate of drug-likeness (QED) is 0.426. The van der Waals surface area contributed by atoms with Gasteiger partial charge in [0.15, 0.2) is 34.9 Å². The Labute approximate surface area is 163 Å². The van der Waals surface area contributed by atoms with Gasteiger partial charge in [-0.3, -0.25) is 14.4 Å². The summed E-state index contributed by atoms with van der Waals surface area (Å²) in [5.74, 6) is -1.72. The number of rotatable bonds is 5. The molecule has 0 radical (unpaired) electrons. The zero-order valence-corrected chi connectivity index (χ0v) is 15.9. The van der Waals surface area contributed by atoms with Gasteiger partial charge in [-0.05, 0) is 0 Å². The van der Waals surface area contributed by atoms with Crippen molar-refractivity contribution in [3.63, 3.8) is 0 Å². The van der Waals surface area contributed by atoms with Gasteiger partial charge in [-0.15, -0.1) is 0 Å². The zero-order valence-electron chi connectivity index (χ0n) is 15.2. The summed E-state index contributed by atoms with van der Waals surface area (Å²) in [6.45, 7) is 3.40. The molecular weight excluding hydrogens is 396 g/mol. The smallest absolute Gasteiger partial charge is 0.303 e. The molecule has 0 unspecified atom stereocenters. The first-order valence-corrected chi connectivity index (χ1v) is 8.64. The van der Waals surface area contributed by atoms with Crippen molar-refractivity contribution in [3.8, 4) is 0 Å². The Hall–Kier alpha value is -2.79. The molecule has 0 aromatic carbocycles. The van der Waals surface area contributed by atoms with Gasteiger partial charge in [0, 0.05) is 20.8 Å². The monoisotopic (exact) mass is 412 g/mol. The predicted molar refractivity (Wildman–Crippen MR) is 92.0 cm³/mol. The van der Waals surface area contributed by atoms with Crippen LogP contribution in [-0.2, 0) is 33.3 Å². The lowest BCUT2D eigenvalue weighted by atomic mass is 10.1. The van der Waals surface area contributed by atoms with E-state index < -0.39 is 42.3 Å². The van der Waals surface area contributed by atoms with E-state index >= 15 is 0 Å². The second-order valence-electron chi connectivity index (χ2n) is 6.02. The number of aromatic amines is 1. The SMILES string of the molecule is CC(=O)OC[C@H]1O[C@@H](c2nc(Cl)c3[nH]cnc3n2)[C@H](OC(C)=O)[C@H]1OC(C)=O. The fraction of sp³-hybridized carbons (Fsp3) is 0.500. The number of halogens is 1. The van der Waals surface area contributed by atoms with Crippen LogP contribution in [-0.4, -0.2) is 62.8 Å². The maximum absolute atomic E-state index is 11.6. The maximum Gasteiger partial charge on any atom is 0.303 e. The van der Waals surface area contributed by atoms with E-state index in [1.54, 1.807) is 0 Å².